The number of rotatable bonds is 3. The van der Waals surface area contributed by atoms with Crippen LogP contribution in [0, 0.1) is 0 Å². The summed E-state index contributed by atoms with van der Waals surface area (Å²) in [6.45, 7) is 0. The molecule has 0 saturated carbocycles. The third-order valence-electron chi connectivity index (χ3n) is 3.02. The molecular weight excluding hydrogens is 280 g/mol. The third kappa shape index (κ3) is 3.30. The zero-order valence-electron chi connectivity index (χ0n) is 11.6. The number of carbonyl (C=O) groups excluding carboxylic acids is 1. The van der Waals surface area contributed by atoms with Gasteiger partial charge in [0.1, 0.15) is 11.3 Å². The summed E-state index contributed by atoms with van der Waals surface area (Å²) < 4.78 is 10.2. The van der Waals surface area contributed by atoms with Crippen molar-refractivity contribution in [1.82, 2.24) is 0 Å². The summed E-state index contributed by atoms with van der Waals surface area (Å²) in [5.74, 6) is -0.175. The van der Waals surface area contributed by atoms with Crippen LogP contribution in [0.15, 0.2) is 76.0 Å². The van der Waals surface area contributed by atoms with Crippen molar-refractivity contribution in [1.29, 1.82) is 0 Å². The second kappa shape index (κ2) is 6.10. The lowest BCUT2D eigenvalue weighted by atomic mass is 10.2. The Balaban J connectivity index is 1.76. The predicted molar refractivity (Wildman–Crippen MR) is 83.6 cm³/mol. The number of carbonyl (C=O) groups is 1. The fourth-order valence-electron chi connectivity index (χ4n) is 1.98. The summed E-state index contributed by atoms with van der Waals surface area (Å²) >= 11 is 0. The van der Waals surface area contributed by atoms with E-state index in [9.17, 15) is 9.59 Å². The summed E-state index contributed by atoms with van der Waals surface area (Å²) in [6.07, 6.45) is 3.02. The lowest BCUT2D eigenvalue weighted by Gasteiger charge is -2.02. The van der Waals surface area contributed by atoms with Crippen LogP contribution >= 0.6 is 0 Å². The van der Waals surface area contributed by atoms with Crippen molar-refractivity contribution in [3.8, 4) is 5.75 Å². The first kappa shape index (κ1) is 13.8. The van der Waals surface area contributed by atoms with Gasteiger partial charge in [-0.3, -0.25) is 0 Å². The van der Waals surface area contributed by atoms with E-state index in [2.05, 4.69) is 0 Å². The van der Waals surface area contributed by atoms with E-state index in [1.165, 1.54) is 18.2 Å². The van der Waals surface area contributed by atoms with Gasteiger partial charge in [0, 0.05) is 23.6 Å². The quantitative estimate of drug-likeness (QED) is 0.321. The summed E-state index contributed by atoms with van der Waals surface area (Å²) in [5, 5.41) is 0.763. The molecule has 0 aliphatic rings. The molecule has 0 amide bonds. The van der Waals surface area contributed by atoms with Gasteiger partial charge in [-0.05, 0) is 29.8 Å². The van der Waals surface area contributed by atoms with E-state index in [1.54, 1.807) is 24.3 Å². The van der Waals surface area contributed by atoms with Crippen LogP contribution in [0.5, 0.6) is 5.75 Å². The second-order valence-electron chi connectivity index (χ2n) is 4.62. The Morgan fingerprint density at radius 3 is 2.59 bits per heavy atom. The van der Waals surface area contributed by atoms with E-state index in [4.69, 9.17) is 9.15 Å². The van der Waals surface area contributed by atoms with Crippen LogP contribution in [0.25, 0.3) is 17.0 Å². The molecule has 0 radical (unpaired) electrons. The van der Waals surface area contributed by atoms with Gasteiger partial charge >= 0.3 is 11.6 Å². The SMILES string of the molecule is O=C(/C=C/c1ccccc1)Oc1ccc2ccc(=O)oc2c1. The highest BCUT2D eigenvalue weighted by Crippen LogP contribution is 2.19. The molecule has 1 aromatic heterocycles. The first-order valence-electron chi connectivity index (χ1n) is 6.69. The Kier molecular flexibility index (Phi) is 3.83. The van der Waals surface area contributed by atoms with Crippen molar-refractivity contribution >= 4 is 23.0 Å². The minimum atomic E-state index is -0.499. The molecule has 0 bridgehead atoms. The van der Waals surface area contributed by atoms with E-state index in [0.29, 0.717) is 11.3 Å². The van der Waals surface area contributed by atoms with Gasteiger partial charge in [-0.1, -0.05) is 30.3 Å². The van der Waals surface area contributed by atoms with Crippen molar-refractivity contribution in [2.75, 3.05) is 0 Å². The van der Waals surface area contributed by atoms with E-state index < -0.39 is 11.6 Å². The largest absolute Gasteiger partial charge is 0.423 e. The number of ether oxygens (including phenoxy) is 1. The van der Waals surface area contributed by atoms with Crippen LogP contribution in [0.1, 0.15) is 5.56 Å². The highest BCUT2D eigenvalue weighted by Gasteiger charge is 2.04. The normalized spacial score (nSPS) is 10.9. The summed E-state index contributed by atoms with van der Waals surface area (Å²) in [7, 11) is 0. The highest BCUT2D eigenvalue weighted by molar-refractivity contribution is 5.89. The Morgan fingerprint density at radius 2 is 1.77 bits per heavy atom. The van der Waals surface area contributed by atoms with Crippen molar-refractivity contribution in [2.45, 2.75) is 0 Å². The molecule has 0 saturated heterocycles. The maximum atomic E-state index is 11.8. The molecule has 2 aromatic carbocycles. The molecule has 0 unspecified atom stereocenters. The lowest BCUT2D eigenvalue weighted by molar-refractivity contribution is -0.128. The predicted octanol–water partition coefficient (Wildman–Crippen LogP) is 3.41. The van der Waals surface area contributed by atoms with Crippen LogP contribution in [0.4, 0.5) is 0 Å². The Labute approximate surface area is 126 Å². The maximum Gasteiger partial charge on any atom is 0.336 e. The number of esters is 1. The molecule has 1 heterocycles. The van der Waals surface area contributed by atoms with E-state index in [1.807, 2.05) is 30.3 Å². The molecule has 0 atom stereocenters. The number of fused-ring (bicyclic) bond motifs is 1. The zero-order chi connectivity index (χ0) is 15.4. The molecule has 3 aromatic rings. The van der Waals surface area contributed by atoms with Gasteiger partial charge < -0.3 is 9.15 Å². The topological polar surface area (TPSA) is 56.5 Å². The van der Waals surface area contributed by atoms with Gasteiger partial charge in [0.25, 0.3) is 0 Å². The minimum Gasteiger partial charge on any atom is -0.423 e. The smallest absolute Gasteiger partial charge is 0.336 e. The molecule has 0 spiro atoms. The van der Waals surface area contributed by atoms with Crippen LogP contribution in [0.3, 0.4) is 0 Å². The average Bonchev–Trinajstić information content (AvgIpc) is 2.53. The monoisotopic (exact) mass is 292 g/mol. The van der Waals surface area contributed by atoms with Gasteiger partial charge in [0.2, 0.25) is 0 Å². The molecule has 22 heavy (non-hydrogen) atoms. The van der Waals surface area contributed by atoms with E-state index >= 15 is 0 Å². The van der Waals surface area contributed by atoms with Gasteiger partial charge in [-0.15, -0.1) is 0 Å². The highest BCUT2D eigenvalue weighted by atomic mass is 16.5. The van der Waals surface area contributed by atoms with Crippen molar-refractivity contribution in [2.24, 2.45) is 0 Å². The Hall–Kier alpha value is -3.14. The van der Waals surface area contributed by atoms with Crippen LogP contribution in [-0.2, 0) is 4.79 Å². The molecule has 0 N–H and O–H groups in total. The fourth-order valence-corrected chi connectivity index (χ4v) is 1.98. The molecule has 0 fully saturated rings. The molecule has 0 aliphatic heterocycles. The van der Waals surface area contributed by atoms with Gasteiger partial charge in [0.05, 0.1) is 0 Å². The number of benzene rings is 2. The molecule has 108 valence electrons. The maximum absolute atomic E-state index is 11.8. The molecule has 4 nitrogen and oxygen atoms in total. The number of hydrogen-bond acceptors (Lipinski definition) is 4. The average molecular weight is 292 g/mol. The van der Waals surface area contributed by atoms with Crippen LogP contribution < -0.4 is 10.4 Å². The Morgan fingerprint density at radius 1 is 1.00 bits per heavy atom. The van der Waals surface area contributed by atoms with Gasteiger partial charge in [-0.2, -0.15) is 0 Å². The van der Waals surface area contributed by atoms with Gasteiger partial charge in [0.15, 0.2) is 0 Å². The zero-order valence-corrected chi connectivity index (χ0v) is 11.6. The van der Waals surface area contributed by atoms with Crippen molar-refractivity contribution in [3.05, 3.63) is 82.7 Å². The van der Waals surface area contributed by atoms with E-state index in [-0.39, 0.29) is 0 Å². The first-order valence-corrected chi connectivity index (χ1v) is 6.69. The van der Waals surface area contributed by atoms with Crippen LogP contribution in [0.2, 0.25) is 0 Å². The molecule has 0 aliphatic carbocycles. The second-order valence-corrected chi connectivity index (χ2v) is 4.62. The number of hydrogen-bond donors (Lipinski definition) is 0. The lowest BCUT2D eigenvalue weighted by Crippen LogP contribution is -2.03. The standard InChI is InChI=1S/C18H12O4/c19-17(10-6-13-4-2-1-3-5-13)21-15-9-7-14-8-11-18(20)22-16(14)12-15/h1-12H/b10-6+. The van der Waals surface area contributed by atoms with Gasteiger partial charge in [-0.25, -0.2) is 9.59 Å². The van der Waals surface area contributed by atoms with E-state index in [0.717, 1.165) is 10.9 Å². The fraction of sp³-hybridized carbons (Fsp3) is 0. The molecule has 4 heteroatoms. The van der Waals surface area contributed by atoms with Crippen LogP contribution in [-0.4, -0.2) is 5.97 Å². The third-order valence-corrected chi connectivity index (χ3v) is 3.02. The summed E-state index contributed by atoms with van der Waals surface area (Å²) in [5.41, 5.74) is 0.841. The Bertz CT molecular complexity index is 892. The van der Waals surface area contributed by atoms with Crippen molar-refractivity contribution < 1.29 is 13.9 Å². The minimum absolute atomic E-state index is 0.324. The summed E-state index contributed by atoms with van der Waals surface area (Å²) in [6, 6.07) is 17.3. The first-order chi connectivity index (χ1) is 10.7. The van der Waals surface area contributed by atoms with Crippen molar-refractivity contribution in [3.63, 3.8) is 0 Å². The molecular formula is C18H12O4. The molecule has 3 rings (SSSR count). The summed E-state index contributed by atoms with van der Waals surface area (Å²) in [4.78, 5) is 23.0.